The molecule has 0 bridgehead atoms. The molecular weight excluding hydrogens is 196 g/mol. The van der Waals surface area contributed by atoms with Crippen LogP contribution in [0.1, 0.15) is 17.3 Å². The molecule has 1 aromatic rings. The van der Waals surface area contributed by atoms with E-state index in [0.29, 0.717) is 5.82 Å². The van der Waals surface area contributed by atoms with Gasteiger partial charge in [0.25, 0.3) is 0 Å². The second-order valence-corrected chi connectivity index (χ2v) is 3.35. The molecule has 1 heterocycles. The fraction of sp³-hybridized carbons (Fsp3) is 0.400. The Kier molecular flexibility index (Phi) is 3.62. The monoisotopic (exact) mass is 210 g/mol. The maximum Gasteiger partial charge on any atom is 0.337 e. The van der Waals surface area contributed by atoms with E-state index in [9.17, 15) is 4.79 Å². The molecule has 5 nitrogen and oxygen atoms in total. The molecule has 15 heavy (non-hydrogen) atoms. The average molecular weight is 210 g/mol. The highest BCUT2D eigenvalue weighted by molar-refractivity contribution is 5.87. The predicted molar refractivity (Wildman–Crippen MR) is 56.1 cm³/mol. The Morgan fingerprint density at radius 3 is 2.67 bits per heavy atom. The van der Waals surface area contributed by atoms with Crippen LogP contribution in [0, 0.1) is 0 Å². The summed E-state index contributed by atoms with van der Waals surface area (Å²) < 4.78 is 0. The molecule has 0 fully saturated rings. The fourth-order valence-electron chi connectivity index (χ4n) is 1.07. The van der Waals surface area contributed by atoms with Crippen LogP contribution < -0.4 is 4.90 Å². The molecular formula is C10H14N2O3. The van der Waals surface area contributed by atoms with E-state index in [0.717, 1.165) is 0 Å². The lowest BCUT2D eigenvalue weighted by Gasteiger charge is -2.23. The van der Waals surface area contributed by atoms with E-state index in [4.69, 9.17) is 10.2 Å². The van der Waals surface area contributed by atoms with Crippen LogP contribution in [0.15, 0.2) is 18.3 Å². The molecule has 0 aliphatic rings. The highest BCUT2D eigenvalue weighted by Crippen LogP contribution is 2.12. The minimum absolute atomic E-state index is 0.0266. The lowest BCUT2D eigenvalue weighted by atomic mass is 10.2. The van der Waals surface area contributed by atoms with Crippen LogP contribution in [-0.2, 0) is 0 Å². The zero-order valence-corrected chi connectivity index (χ0v) is 8.71. The van der Waals surface area contributed by atoms with Crippen LogP contribution in [0.3, 0.4) is 0 Å². The quantitative estimate of drug-likeness (QED) is 0.761. The Bertz CT molecular complexity index is 337. The first-order valence-electron chi connectivity index (χ1n) is 4.59. The molecule has 0 aromatic carbocycles. The van der Waals surface area contributed by atoms with Crippen molar-refractivity contribution in [3.63, 3.8) is 0 Å². The summed E-state index contributed by atoms with van der Waals surface area (Å²) in [6.45, 7) is 1.88. The van der Waals surface area contributed by atoms with E-state index in [2.05, 4.69) is 4.98 Å². The number of rotatable bonds is 4. The number of carboxylic acid groups (broad SMARTS) is 1. The SMILES string of the molecule is CC(CO)N(C)c1ccc(C(=O)O)cn1. The summed E-state index contributed by atoms with van der Waals surface area (Å²) in [5.41, 5.74) is 0.156. The third-order valence-corrected chi connectivity index (χ3v) is 2.28. The van der Waals surface area contributed by atoms with Crippen molar-refractivity contribution in [3.05, 3.63) is 23.9 Å². The Labute approximate surface area is 88.0 Å². The Hall–Kier alpha value is -1.62. The summed E-state index contributed by atoms with van der Waals surface area (Å²) in [4.78, 5) is 16.4. The van der Waals surface area contributed by atoms with Crippen LogP contribution in [0.25, 0.3) is 0 Å². The van der Waals surface area contributed by atoms with Crippen LogP contribution in [-0.4, -0.2) is 40.9 Å². The van der Waals surface area contributed by atoms with Crippen LogP contribution in [0.2, 0.25) is 0 Å². The molecule has 0 aliphatic carbocycles. The molecule has 1 atom stereocenters. The molecule has 1 aromatic heterocycles. The number of pyridine rings is 1. The number of aromatic nitrogens is 1. The second-order valence-electron chi connectivity index (χ2n) is 3.35. The third kappa shape index (κ3) is 2.66. The van der Waals surface area contributed by atoms with Crippen molar-refractivity contribution < 1.29 is 15.0 Å². The van der Waals surface area contributed by atoms with Gasteiger partial charge in [0.15, 0.2) is 0 Å². The molecule has 5 heteroatoms. The average Bonchev–Trinajstić information content (AvgIpc) is 2.27. The number of hydrogen-bond acceptors (Lipinski definition) is 4. The van der Waals surface area contributed by atoms with Crippen molar-refractivity contribution in [2.24, 2.45) is 0 Å². The fourth-order valence-corrected chi connectivity index (χ4v) is 1.07. The molecule has 0 saturated carbocycles. The van der Waals surface area contributed by atoms with Gasteiger partial charge in [0.1, 0.15) is 5.82 Å². The number of carboxylic acids is 1. The van der Waals surface area contributed by atoms with Gasteiger partial charge in [-0.25, -0.2) is 9.78 Å². The van der Waals surface area contributed by atoms with Gasteiger partial charge in [-0.1, -0.05) is 0 Å². The molecule has 0 saturated heterocycles. The largest absolute Gasteiger partial charge is 0.478 e. The Morgan fingerprint density at radius 1 is 1.60 bits per heavy atom. The van der Waals surface area contributed by atoms with Gasteiger partial charge in [0.2, 0.25) is 0 Å². The summed E-state index contributed by atoms with van der Waals surface area (Å²) >= 11 is 0. The molecule has 1 unspecified atom stereocenters. The zero-order chi connectivity index (χ0) is 11.4. The van der Waals surface area contributed by atoms with Gasteiger partial charge in [-0.2, -0.15) is 0 Å². The van der Waals surface area contributed by atoms with E-state index in [1.165, 1.54) is 12.3 Å². The Balaban J connectivity index is 2.84. The van der Waals surface area contributed by atoms with E-state index < -0.39 is 5.97 Å². The molecule has 0 spiro atoms. The normalized spacial score (nSPS) is 12.2. The molecule has 0 radical (unpaired) electrons. The van der Waals surface area contributed by atoms with Crippen molar-refractivity contribution >= 4 is 11.8 Å². The van der Waals surface area contributed by atoms with Crippen molar-refractivity contribution in [1.82, 2.24) is 4.98 Å². The van der Waals surface area contributed by atoms with Gasteiger partial charge in [0, 0.05) is 13.2 Å². The summed E-state index contributed by atoms with van der Waals surface area (Å²) in [7, 11) is 1.80. The van der Waals surface area contributed by atoms with Gasteiger partial charge in [-0.15, -0.1) is 0 Å². The standard InChI is InChI=1S/C10H14N2O3/c1-7(6-13)12(2)9-4-3-8(5-11-9)10(14)15/h3-5,7,13H,6H2,1-2H3,(H,14,15). The number of aliphatic hydroxyl groups excluding tert-OH is 1. The number of likely N-dealkylation sites (N-methyl/N-ethyl adjacent to an activating group) is 1. The summed E-state index contributed by atoms with van der Waals surface area (Å²) in [6, 6.07) is 3.06. The van der Waals surface area contributed by atoms with Crippen LogP contribution >= 0.6 is 0 Å². The van der Waals surface area contributed by atoms with Gasteiger partial charge in [0.05, 0.1) is 18.2 Å². The van der Waals surface area contributed by atoms with E-state index in [1.807, 2.05) is 6.92 Å². The van der Waals surface area contributed by atoms with Crippen molar-refractivity contribution in [3.8, 4) is 0 Å². The molecule has 0 aliphatic heterocycles. The predicted octanol–water partition coefficient (Wildman–Crippen LogP) is 0.597. The molecule has 1 rings (SSSR count). The van der Waals surface area contributed by atoms with Gasteiger partial charge in [-0.3, -0.25) is 0 Å². The molecule has 0 amide bonds. The second kappa shape index (κ2) is 4.75. The first-order valence-corrected chi connectivity index (χ1v) is 4.59. The van der Waals surface area contributed by atoms with Gasteiger partial charge < -0.3 is 15.1 Å². The Morgan fingerprint density at radius 2 is 2.27 bits per heavy atom. The third-order valence-electron chi connectivity index (χ3n) is 2.28. The van der Waals surface area contributed by atoms with Crippen molar-refractivity contribution in [1.29, 1.82) is 0 Å². The minimum Gasteiger partial charge on any atom is -0.478 e. The topological polar surface area (TPSA) is 73.7 Å². The highest BCUT2D eigenvalue weighted by Gasteiger charge is 2.10. The van der Waals surface area contributed by atoms with E-state index >= 15 is 0 Å². The smallest absolute Gasteiger partial charge is 0.337 e. The number of anilines is 1. The summed E-state index contributed by atoms with van der Waals surface area (Å²) in [5, 5.41) is 17.6. The van der Waals surface area contributed by atoms with Crippen LogP contribution in [0.5, 0.6) is 0 Å². The summed E-state index contributed by atoms with van der Waals surface area (Å²) in [5.74, 6) is -0.353. The van der Waals surface area contributed by atoms with Crippen molar-refractivity contribution in [2.75, 3.05) is 18.6 Å². The van der Waals surface area contributed by atoms with Crippen molar-refractivity contribution in [2.45, 2.75) is 13.0 Å². The van der Waals surface area contributed by atoms with Crippen LogP contribution in [0.4, 0.5) is 5.82 Å². The molecule has 2 N–H and O–H groups in total. The number of aliphatic hydroxyl groups is 1. The van der Waals surface area contributed by atoms with Gasteiger partial charge in [-0.05, 0) is 19.1 Å². The number of nitrogens with zero attached hydrogens (tertiary/aromatic N) is 2. The van der Waals surface area contributed by atoms with E-state index in [1.54, 1.807) is 18.0 Å². The summed E-state index contributed by atoms with van der Waals surface area (Å²) in [6.07, 6.45) is 1.30. The first kappa shape index (κ1) is 11.5. The lowest BCUT2D eigenvalue weighted by molar-refractivity contribution is 0.0696. The number of hydrogen-bond donors (Lipinski definition) is 2. The van der Waals surface area contributed by atoms with Gasteiger partial charge >= 0.3 is 5.97 Å². The minimum atomic E-state index is -0.994. The highest BCUT2D eigenvalue weighted by atomic mass is 16.4. The molecule has 82 valence electrons. The maximum atomic E-state index is 10.6. The lowest BCUT2D eigenvalue weighted by Crippen LogP contribution is -2.32. The number of carbonyl (C=O) groups is 1. The van der Waals surface area contributed by atoms with E-state index in [-0.39, 0.29) is 18.2 Å². The maximum absolute atomic E-state index is 10.6. The first-order chi connectivity index (χ1) is 7.06. The zero-order valence-electron chi connectivity index (χ0n) is 8.71. The number of aromatic carboxylic acids is 1.